The van der Waals surface area contributed by atoms with Gasteiger partial charge in [0.05, 0.1) is 5.92 Å². The topological polar surface area (TPSA) is 79.3 Å². The smallest absolute Gasteiger partial charge is 0.308 e. The van der Waals surface area contributed by atoms with Crippen LogP contribution in [0.1, 0.15) is 42.5 Å². The monoisotopic (exact) mass is 262 g/mol. The van der Waals surface area contributed by atoms with Crippen molar-refractivity contribution in [3.63, 3.8) is 0 Å². The van der Waals surface area contributed by atoms with Gasteiger partial charge in [0, 0.05) is 24.0 Å². The largest absolute Gasteiger partial charge is 0.481 e. The van der Waals surface area contributed by atoms with Crippen molar-refractivity contribution in [3.8, 4) is 0 Å². The molecule has 0 spiro atoms. The number of carbonyl (C=O) groups excluding carboxylic acids is 1. The van der Waals surface area contributed by atoms with Crippen LogP contribution in [0.5, 0.6) is 0 Å². The quantitative estimate of drug-likeness (QED) is 0.815. The Morgan fingerprint density at radius 1 is 1.16 bits per heavy atom. The highest BCUT2D eigenvalue weighted by Gasteiger charge is 2.30. The van der Waals surface area contributed by atoms with Crippen molar-refractivity contribution >= 4 is 11.9 Å². The zero-order valence-electron chi connectivity index (χ0n) is 10.7. The van der Waals surface area contributed by atoms with Crippen LogP contribution in [0.2, 0.25) is 0 Å². The van der Waals surface area contributed by atoms with Crippen molar-refractivity contribution in [1.82, 2.24) is 10.3 Å². The molecule has 1 fully saturated rings. The number of hydrogen-bond acceptors (Lipinski definition) is 3. The maximum atomic E-state index is 12.1. The molecule has 1 aromatic rings. The Morgan fingerprint density at radius 3 is 2.53 bits per heavy atom. The van der Waals surface area contributed by atoms with Crippen LogP contribution in [0.3, 0.4) is 0 Å². The molecule has 1 aromatic heterocycles. The number of aromatic nitrogens is 1. The third-order valence-electron chi connectivity index (χ3n) is 3.59. The Morgan fingerprint density at radius 2 is 1.84 bits per heavy atom. The molecular weight excluding hydrogens is 244 g/mol. The Labute approximate surface area is 112 Å². The molecule has 0 saturated heterocycles. The Bertz CT molecular complexity index is 447. The maximum Gasteiger partial charge on any atom is 0.308 e. The number of rotatable bonds is 3. The minimum atomic E-state index is -0.818. The second-order valence-corrected chi connectivity index (χ2v) is 4.90. The third-order valence-corrected chi connectivity index (χ3v) is 3.59. The molecule has 2 atom stereocenters. The summed E-state index contributed by atoms with van der Waals surface area (Å²) in [5, 5.41) is 12.1. The zero-order chi connectivity index (χ0) is 13.7. The molecule has 0 unspecified atom stereocenters. The average molecular weight is 262 g/mol. The van der Waals surface area contributed by atoms with Gasteiger partial charge < -0.3 is 10.4 Å². The minimum absolute atomic E-state index is 0.222. The fourth-order valence-corrected chi connectivity index (χ4v) is 2.53. The van der Waals surface area contributed by atoms with Gasteiger partial charge in [0.25, 0.3) is 5.91 Å². The molecule has 2 N–H and O–H groups in total. The summed E-state index contributed by atoms with van der Waals surface area (Å²) in [4.78, 5) is 27.2. The maximum absolute atomic E-state index is 12.1. The summed E-state index contributed by atoms with van der Waals surface area (Å²) in [6.07, 6.45) is 7.38. The van der Waals surface area contributed by atoms with Gasteiger partial charge in [-0.05, 0) is 25.0 Å². The number of nitrogens with zero attached hydrogens (tertiary/aromatic N) is 1. The van der Waals surface area contributed by atoms with Gasteiger partial charge in [-0.15, -0.1) is 0 Å². The van der Waals surface area contributed by atoms with Gasteiger partial charge in [0.2, 0.25) is 0 Å². The molecule has 2 rings (SSSR count). The number of amides is 1. The minimum Gasteiger partial charge on any atom is -0.481 e. The molecule has 1 aliphatic carbocycles. The number of carboxylic acids is 1. The molecular formula is C14H18N2O3. The van der Waals surface area contributed by atoms with E-state index in [0.29, 0.717) is 12.0 Å². The summed E-state index contributed by atoms with van der Waals surface area (Å²) >= 11 is 0. The van der Waals surface area contributed by atoms with E-state index < -0.39 is 11.9 Å². The Hall–Kier alpha value is -1.91. The highest BCUT2D eigenvalue weighted by molar-refractivity contribution is 5.94. The molecule has 19 heavy (non-hydrogen) atoms. The van der Waals surface area contributed by atoms with E-state index in [9.17, 15) is 14.7 Å². The lowest BCUT2D eigenvalue weighted by molar-refractivity contribution is -0.142. The van der Waals surface area contributed by atoms with Crippen LogP contribution in [0.4, 0.5) is 0 Å². The number of pyridine rings is 1. The summed E-state index contributed by atoms with van der Waals surface area (Å²) < 4.78 is 0. The molecule has 102 valence electrons. The van der Waals surface area contributed by atoms with Crippen LogP contribution >= 0.6 is 0 Å². The molecule has 0 aliphatic heterocycles. The third kappa shape index (κ3) is 3.53. The molecule has 0 radical (unpaired) electrons. The Balaban J connectivity index is 2.06. The van der Waals surface area contributed by atoms with Gasteiger partial charge in [0.1, 0.15) is 0 Å². The van der Waals surface area contributed by atoms with Gasteiger partial charge >= 0.3 is 5.97 Å². The van der Waals surface area contributed by atoms with E-state index in [1.807, 2.05) is 0 Å². The lowest BCUT2D eigenvalue weighted by atomic mass is 9.94. The summed E-state index contributed by atoms with van der Waals surface area (Å²) in [7, 11) is 0. The van der Waals surface area contributed by atoms with Crippen molar-refractivity contribution in [2.45, 2.75) is 38.1 Å². The predicted molar refractivity (Wildman–Crippen MR) is 69.7 cm³/mol. The highest BCUT2D eigenvalue weighted by Crippen LogP contribution is 2.24. The molecule has 5 heteroatoms. The molecule has 5 nitrogen and oxygen atoms in total. The second-order valence-electron chi connectivity index (χ2n) is 4.90. The highest BCUT2D eigenvalue weighted by atomic mass is 16.4. The van der Waals surface area contributed by atoms with Gasteiger partial charge in [-0.1, -0.05) is 19.3 Å². The van der Waals surface area contributed by atoms with Crippen molar-refractivity contribution in [2.24, 2.45) is 5.92 Å². The van der Waals surface area contributed by atoms with Crippen LogP contribution in [0.15, 0.2) is 24.5 Å². The van der Waals surface area contributed by atoms with E-state index in [4.69, 9.17) is 0 Å². The normalized spacial score (nSPS) is 23.4. The van der Waals surface area contributed by atoms with Crippen LogP contribution in [-0.2, 0) is 4.79 Å². The van der Waals surface area contributed by atoms with Gasteiger partial charge in [-0.2, -0.15) is 0 Å². The van der Waals surface area contributed by atoms with Crippen molar-refractivity contribution in [1.29, 1.82) is 0 Å². The standard InChI is InChI=1S/C14H18N2O3/c17-13(10-6-8-15-9-7-10)16-12-5-3-1-2-4-11(12)14(18)19/h6-9,11-12H,1-5H2,(H,16,17)(H,18,19)/t11-,12-/m0/s1. The molecule has 0 bridgehead atoms. The van der Waals surface area contributed by atoms with E-state index >= 15 is 0 Å². The van der Waals surface area contributed by atoms with E-state index in [1.165, 1.54) is 0 Å². The van der Waals surface area contributed by atoms with Crippen LogP contribution in [-0.4, -0.2) is 28.0 Å². The molecule has 1 aliphatic rings. The van der Waals surface area contributed by atoms with E-state index in [-0.39, 0.29) is 11.9 Å². The van der Waals surface area contributed by atoms with E-state index in [2.05, 4.69) is 10.3 Å². The number of carbonyl (C=O) groups is 2. The predicted octanol–water partition coefficient (Wildman–Crippen LogP) is 1.84. The van der Waals surface area contributed by atoms with Crippen molar-refractivity contribution in [3.05, 3.63) is 30.1 Å². The van der Waals surface area contributed by atoms with E-state index in [1.54, 1.807) is 24.5 Å². The van der Waals surface area contributed by atoms with Gasteiger partial charge in [-0.25, -0.2) is 0 Å². The van der Waals surface area contributed by atoms with Crippen LogP contribution < -0.4 is 5.32 Å². The molecule has 1 heterocycles. The zero-order valence-corrected chi connectivity index (χ0v) is 10.7. The fourth-order valence-electron chi connectivity index (χ4n) is 2.53. The lowest BCUT2D eigenvalue weighted by Gasteiger charge is -2.22. The molecule has 0 aromatic carbocycles. The number of aliphatic carboxylic acids is 1. The number of hydrogen-bond donors (Lipinski definition) is 2. The SMILES string of the molecule is O=C(N[C@H]1CCCCC[C@@H]1C(=O)O)c1ccncc1. The van der Waals surface area contributed by atoms with Crippen molar-refractivity contribution in [2.75, 3.05) is 0 Å². The Kier molecular flexibility index (Phi) is 4.49. The average Bonchev–Trinajstić information content (AvgIpc) is 2.65. The number of carboxylic acid groups (broad SMARTS) is 1. The summed E-state index contributed by atoms with van der Waals surface area (Å²) in [6, 6.07) is 2.98. The van der Waals surface area contributed by atoms with Crippen LogP contribution in [0.25, 0.3) is 0 Å². The molecule has 1 saturated carbocycles. The summed E-state index contributed by atoms with van der Waals surface area (Å²) in [5.41, 5.74) is 0.517. The fraction of sp³-hybridized carbons (Fsp3) is 0.500. The summed E-state index contributed by atoms with van der Waals surface area (Å²) in [5.74, 6) is -1.52. The van der Waals surface area contributed by atoms with Gasteiger partial charge in [0.15, 0.2) is 0 Å². The van der Waals surface area contributed by atoms with Crippen LogP contribution in [0, 0.1) is 5.92 Å². The number of nitrogens with one attached hydrogen (secondary N) is 1. The first-order valence-electron chi connectivity index (χ1n) is 6.62. The van der Waals surface area contributed by atoms with Gasteiger partial charge in [-0.3, -0.25) is 14.6 Å². The first kappa shape index (κ1) is 13.5. The van der Waals surface area contributed by atoms with E-state index in [0.717, 1.165) is 25.7 Å². The second kappa shape index (κ2) is 6.31. The van der Waals surface area contributed by atoms with Crippen molar-refractivity contribution < 1.29 is 14.7 Å². The first-order chi connectivity index (χ1) is 9.18. The summed E-state index contributed by atoms with van der Waals surface area (Å²) in [6.45, 7) is 0. The first-order valence-corrected chi connectivity index (χ1v) is 6.62. The molecule has 1 amide bonds. The lowest BCUT2D eigenvalue weighted by Crippen LogP contribution is -2.42.